The average molecular weight is 281 g/mol. The van der Waals surface area contributed by atoms with Gasteiger partial charge in [0.05, 0.1) is 11.0 Å². The summed E-state index contributed by atoms with van der Waals surface area (Å²) in [7, 11) is 0. The molecule has 106 valence electrons. The minimum absolute atomic E-state index is 0.397. The van der Waals surface area contributed by atoms with E-state index in [0.717, 1.165) is 42.2 Å². The molecule has 3 rings (SSSR count). The zero-order chi connectivity index (χ0) is 13.2. The number of aliphatic hydroxyl groups is 1. The number of hydrogen-bond acceptors (Lipinski definition) is 5. The van der Waals surface area contributed by atoms with Gasteiger partial charge in [-0.2, -0.15) is 0 Å². The Kier molecular flexibility index (Phi) is 4.05. The van der Waals surface area contributed by atoms with Crippen LogP contribution in [0.25, 0.3) is 0 Å². The number of hydrogen-bond donors (Lipinski definition) is 1. The van der Waals surface area contributed by atoms with Crippen LogP contribution >= 0.6 is 11.3 Å². The molecule has 4 nitrogen and oxygen atoms in total. The minimum atomic E-state index is -0.397. The van der Waals surface area contributed by atoms with E-state index in [1.54, 1.807) is 18.3 Å². The van der Waals surface area contributed by atoms with Crippen molar-refractivity contribution in [2.24, 2.45) is 0 Å². The van der Waals surface area contributed by atoms with E-state index in [1.165, 1.54) is 25.7 Å². The molecular weight excluding hydrogens is 258 g/mol. The lowest BCUT2D eigenvalue weighted by Crippen LogP contribution is -2.49. The Bertz CT molecular complexity index is 407. The van der Waals surface area contributed by atoms with Crippen molar-refractivity contribution in [1.82, 2.24) is 9.88 Å². The normalized spacial score (nSPS) is 24.0. The van der Waals surface area contributed by atoms with Gasteiger partial charge in [-0.25, -0.2) is 4.98 Å². The van der Waals surface area contributed by atoms with Gasteiger partial charge in [0.2, 0.25) is 0 Å². The number of anilines is 1. The molecule has 1 unspecified atom stereocenters. The quantitative estimate of drug-likeness (QED) is 0.922. The van der Waals surface area contributed by atoms with Crippen molar-refractivity contribution in [2.75, 3.05) is 31.1 Å². The fourth-order valence-corrected chi connectivity index (χ4v) is 4.07. The molecular formula is C14H23N3OS. The number of rotatable bonds is 3. The Hall–Kier alpha value is -0.650. The lowest BCUT2D eigenvalue weighted by atomic mass is 10.2. The predicted octanol–water partition coefficient (Wildman–Crippen LogP) is 2.26. The lowest BCUT2D eigenvalue weighted by molar-refractivity contribution is 0.187. The third-order valence-corrected chi connectivity index (χ3v) is 5.58. The third-order valence-electron chi connectivity index (χ3n) is 4.35. The molecule has 1 aliphatic carbocycles. The van der Waals surface area contributed by atoms with Gasteiger partial charge in [-0.15, -0.1) is 0 Å². The van der Waals surface area contributed by atoms with Crippen LogP contribution in [0.3, 0.4) is 0 Å². The van der Waals surface area contributed by atoms with Crippen LogP contribution in [0.2, 0.25) is 0 Å². The maximum atomic E-state index is 9.56. The van der Waals surface area contributed by atoms with E-state index in [9.17, 15) is 5.11 Å². The molecule has 2 fully saturated rings. The first-order chi connectivity index (χ1) is 9.24. The molecule has 1 N–H and O–H groups in total. The van der Waals surface area contributed by atoms with Gasteiger partial charge in [-0.3, -0.25) is 4.90 Å². The first kappa shape index (κ1) is 13.3. The van der Waals surface area contributed by atoms with E-state index in [4.69, 9.17) is 0 Å². The average Bonchev–Trinajstić information content (AvgIpc) is 3.11. The fourth-order valence-electron chi connectivity index (χ4n) is 3.16. The monoisotopic (exact) mass is 281 g/mol. The zero-order valence-corrected chi connectivity index (χ0v) is 12.4. The minimum Gasteiger partial charge on any atom is -0.388 e. The number of nitrogens with zero attached hydrogens (tertiary/aromatic N) is 3. The number of piperazine rings is 1. The van der Waals surface area contributed by atoms with Crippen LogP contribution in [-0.2, 0) is 0 Å². The highest BCUT2D eigenvalue weighted by Crippen LogP contribution is 2.29. The standard InChI is InChI=1S/C14H23N3OS/c1-11(18)13-10-15-14(19-13)17-8-6-16(7-9-17)12-4-2-3-5-12/h10-12,18H,2-9H2,1H3. The highest BCUT2D eigenvalue weighted by molar-refractivity contribution is 7.15. The van der Waals surface area contributed by atoms with E-state index in [1.807, 2.05) is 6.20 Å². The summed E-state index contributed by atoms with van der Waals surface area (Å²) in [6.45, 7) is 6.27. The molecule has 1 saturated carbocycles. The van der Waals surface area contributed by atoms with Crippen molar-refractivity contribution < 1.29 is 5.11 Å². The van der Waals surface area contributed by atoms with Crippen LogP contribution in [0.1, 0.15) is 43.6 Å². The maximum Gasteiger partial charge on any atom is 0.185 e. The van der Waals surface area contributed by atoms with Crippen LogP contribution in [0.4, 0.5) is 5.13 Å². The molecule has 19 heavy (non-hydrogen) atoms. The van der Waals surface area contributed by atoms with Crippen LogP contribution in [0.5, 0.6) is 0 Å². The Morgan fingerprint density at radius 1 is 1.26 bits per heavy atom. The summed E-state index contributed by atoms with van der Waals surface area (Å²) < 4.78 is 0. The second-order valence-corrected chi connectivity index (χ2v) is 6.72. The molecule has 5 heteroatoms. The van der Waals surface area contributed by atoms with Crippen LogP contribution in [-0.4, -0.2) is 47.2 Å². The van der Waals surface area contributed by atoms with Crippen LogP contribution in [0, 0.1) is 0 Å². The van der Waals surface area contributed by atoms with Crippen molar-refractivity contribution in [2.45, 2.75) is 44.8 Å². The van der Waals surface area contributed by atoms with Gasteiger partial charge in [0.25, 0.3) is 0 Å². The lowest BCUT2D eigenvalue weighted by Gasteiger charge is -2.37. The summed E-state index contributed by atoms with van der Waals surface area (Å²) in [5.74, 6) is 0. The van der Waals surface area contributed by atoms with Crippen molar-refractivity contribution in [3.63, 3.8) is 0 Å². The highest BCUT2D eigenvalue weighted by atomic mass is 32.1. The van der Waals surface area contributed by atoms with Gasteiger partial charge in [0.15, 0.2) is 5.13 Å². The molecule has 0 bridgehead atoms. The molecule has 0 aromatic carbocycles. The number of aliphatic hydroxyl groups excluding tert-OH is 1. The summed E-state index contributed by atoms with van der Waals surface area (Å²) in [4.78, 5) is 10.4. The number of thiazole rings is 1. The largest absolute Gasteiger partial charge is 0.388 e. The second-order valence-electron chi connectivity index (χ2n) is 5.68. The zero-order valence-electron chi connectivity index (χ0n) is 11.6. The Morgan fingerprint density at radius 3 is 2.53 bits per heavy atom. The van der Waals surface area contributed by atoms with Gasteiger partial charge >= 0.3 is 0 Å². The molecule has 2 aliphatic rings. The van der Waals surface area contributed by atoms with Gasteiger partial charge in [0.1, 0.15) is 0 Å². The molecule has 0 spiro atoms. The van der Waals surface area contributed by atoms with Crippen molar-refractivity contribution >= 4 is 16.5 Å². The van der Waals surface area contributed by atoms with Crippen molar-refractivity contribution in [3.8, 4) is 0 Å². The number of aromatic nitrogens is 1. The topological polar surface area (TPSA) is 39.6 Å². The van der Waals surface area contributed by atoms with E-state index < -0.39 is 6.10 Å². The Balaban J connectivity index is 1.56. The van der Waals surface area contributed by atoms with E-state index in [-0.39, 0.29) is 0 Å². The Labute approximate surface area is 119 Å². The van der Waals surface area contributed by atoms with Gasteiger partial charge in [-0.05, 0) is 19.8 Å². The summed E-state index contributed by atoms with van der Waals surface area (Å²) in [6, 6.07) is 0.839. The smallest absolute Gasteiger partial charge is 0.185 e. The van der Waals surface area contributed by atoms with Crippen molar-refractivity contribution in [1.29, 1.82) is 0 Å². The molecule has 1 aromatic rings. The molecule has 1 atom stereocenters. The maximum absolute atomic E-state index is 9.56. The van der Waals surface area contributed by atoms with Gasteiger partial charge in [0, 0.05) is 38.4 Å². The van der Waals surface area contributed by atoms with Gasteiger partial charge in [-0.1, -0.05) is 24.2 Å². The predicted molar refractivity (Wildman–Crippen MR) is 78.8 cm³/mol. The highest BCUT2D eigenvalue weighted by Gasteiger charge is 2.27. The molecule has 0 radical (unpaired) electrons. The first-order valence-electron chi connectivity index (χ1n) is 7.37. The third kappa shape index (κ3) is 2.93. The van der Waals surface area contributed by atoms with Crippen molar-refractivity contribution in [3.05, 3.63) is 11.1 Å². The van der Waals surface area contributed by atoms with Crippen LogP contribution in [0.15, 0.2) is 6.20 Å². The first-order valence-corrected chi connectivity index (χ1v) is 8.18. The second kappa shape index (κ2) is 5.77. The fraction of sp³-hybridized carbons (Fsp3) is 0.786. The molecule has 1 aromatic heterocycles. The SMILES string of the molecule is CC(O)c1cnc(N2CCN(C3CCCC3)CC2)s1. The molecule has 1 saturated heterocycles. The van der Waals surface area contributed by atoms with E-state index in [0.29, 0.717) is 0 Å². The molecule has 0 amide bonds. The molecule has 1 aliphatic heterocycles. The summed E-state index contributed by atoms with van der Waals surface area (Å²) in [5, 5.41) is 10.6. The molecule has 2 heterocycles. The summed E-state index contributed by atoms with van der Waals surface area (Å²) in [6.07, 6.45) is 7.02. The van der Waals surface area contributed by atoms with E-state index >= 15 is 0 Å². The van der Waals surface area contributed by atoms with Crippen LogP contribution < -0.4 is 4.90 Å². The van der Waals surface area contributed by atoms with Gasteiger partial charge < -0.3 is 10.0 Å². The summed E-state index contributed by atoms with van der Waals surface area (Å²) >= 11 is 1.63. The van der Waals surface area contributed by atoms with E-state index in [2.05, 4.69) is 14.8 Å². The Morgan fingerprint density at radius 2 is 1.95 bits per heavy atom. The summed E-state index contributed by atoms with van der Waals surface area (Å²) in [5.41, 5.74) is 0.